The van der Waals surface area contributed by atoms with Crippen LogP contribution in [-0.2, 0) is 4.74 Å². The minimum atomic E-state index is -0.913. The first-order valence-corrected chi connectivity index (χ1v) is 7.24. The Labute approximate surface area is 120 Å². The Hall–Kier alpha value is -1.92. The predicted molar refractivity (Wildman–Crippen MR) is 77.5 cm³/mol. The number of hydrogen-bond donors (Lipinski definition) is 1. The highest BCUT2D eigenvalue weighted by Gasteiger charge is 2.15. The van der Waals surface area contributed by atoms with Crippen LogP contribution in [0.25, 0.3) is 11.3 Å². The zero-order valence-electron chi connectivity index (χ0n) is 10.8. The van der Waals surface area contributed by atoms with Crippen molar-refractivity contribution in [1.82, 2.24) is 4.98 Å². The Morgan fingerprint density at radius 1 is 1.25 bits per heavy atom. The molecule has 104 valence electrons. The van der Waals surface area contributed by atoms with Crippen molar-refractivity contribution in [2.75, 3.05) is 31.2 Å². The summed E-state index contributed by atoms with van der Waals surface area (Å²) in [6.07, 6.45) is 0. The molecule has 0 unspecified atom stereocenters. The van der Waals surface area contributed by atoms with Gasteiger partial charge >= 0.3 is 5.97 Å². The van der Waals surface area contributed by atoms with Gasteiger partial charge in [-0.05, 0) is 12.1 Å². The molecule has 1 saturated heterocycles. The van der Waals surface area contributed by atoms with Crippen LogP contribution in [0.5, 0.6) is 0 Å². The minimum absolute atomic E-state index is 0.289. The lowest BCUT2D eigenvalue weighted by Gasteiger charge is -2.26. The molecule has 1 aromatic heterocycles. The summed E-state index contributed by atoms with van der Waals surface area (Å²) < 4.78 is 5.33. The summed E-state index contributed by atoms with van der Waals surface area (Å²) in [6, 6.07) is 6.79. The Kier molecular flexibility index (Phi) is 3.66. The molecule has 6 heteroatoms. The molecule has 5 nitrogen and oxygen atoms in total. The number of ether oxygens (including phenoxy) is 1. The number of carboxylic acids is 1. The monoisotopic (exact) mass is 290 g/mol. The van der Waals surface area contributed by atoms with E-state index in [1.807, 2.05) is 5.38 Å². The van der Waals surface area contributed by atoms with E-state index >= 15 is 0 Å². The first kappa shape index (κ1) is 13.1. The molecule has 1 aliphatic rings. The molecule has 3 rings (SSSR count). The molecule has 1 aliphatic heterocycles. The van der Waals surface area contributed by atoms with E-state index in [-0.39, 0.29) is 5.56 Å². The summed E-state index contributed by atoms with van der Waals surface area (Å²) in [5.74, 6) is -0.913. The van der Waals surface area contributed by atoms with Gasteiger partial charge < -0.3 is 14.7 Å². The average molecular weight is 290 g/mol. The fourth-order valence-electron chi connectivity index (χ4n) is 2.08. The average Bonchev–Trinajstić information content (AvgIpc) is 2.98. The number of aromatic carboxylic acids is 1. The maximum atomic E-state index is 10.8. The van der Waals surface area contributed by atoms with Crippen molar-refractivity contribution in [2.45, 2.75) is 0 Å². The fraction of sp³-hybridized carbons (Fsp3) is 0.286. The highest BCUT2D eigenvalue weighted by molar-refractivity contribution is 7.14. The van der Waals surface area contributed by atoms with Gasteiger partial charge in [0, 0.05) is 24.0 Å². The van der Waals surface area contributed by atoms with E-state index in [9.17, 15) is 4.79 Å². The molecule has 0 bridgehead atoms. The number of nitrogens with zero attached hydrogens (tertiary/aromatic N) is 2. The van der Waals surface area contributed by atoms with Gasteiger partial charge in [-0.25, -0.2) is 9.78 Å². The van der Waals surface area contributed by atoms with E-state index in [0.29, 0.717) is 0 Å². The number of aromatic nitrogens is 1. The van der Waals surface area contributed by atoms with Crippen LogP contribution in [0.15, 0.2) is 29.6 Å². The second-order valence-electron chi connectivity index (χ2n) is 4.50. The summed E-state index contributed by atoms with van der Waals surface area (Å²) in [5, 5.41) is 11.9. The Morgan fingerprint density at radius 3 is 2.60 bits per heavy atom. The lowest BCUT2D eigenvalue weighted by atomic mass is 10.1. The third kappa shape index (κ3) is 2.66. The molecular formula is C14H14N2O3S. The molecule has 1 fully saturated rings. The Morgan fingerprint density at radius 2 is 1.95 bits per heavy atom. The molecule has 2 aromatic rings. The van der Waals surface area contributed by atoms with E-state index in [2.05, 4.69) is 9.88 Å². The van der Waals surface area contributed by atoms with Crippen molar-refractivity contribution < 1.29 is 14.6 Å². The normalized spacial score (nSPS) is 15.3. The number of thiazole rings is 1. The zero-order valence-corrected chi connectivity index (χ0v) is 11.6. The van der Waals surface area contributed by atoms with E-state index in [1.165, 1.54) is 0 Å². The lowest BCUT2D eigenvalue weighted by molar-refractivity contribution is 0.0697. The van der Waals surface area contributed by atoms with Crippen LogP contribution in [-0.4, -0.2) is 42.4 Å². The topological polar surface area (TPSA) is 62.7 Å². The third-order valence-corrected chi connectivity index (χ3v) is 4.10. The molecule has 0 atom stereocenters. The van der Waals surface area contributed by atoms with Crippen molar-refractivity contribution in [3.8, 4) is 11.3 Å². The van der Waals surface area contributed by atoms with Crippen LogP contribution in [0.1, 0.15) is 10.4 Å². The summed E-state index contributed by atoms with van der Waals surface area (Å²) in [5.41, 5.74) is 2.11. The molecule has 0 radical (unpaired) electrons. The highest BCUT2D eigenvalue weighted by atomic mass is 32.1. The Balaban J connectivity index is 1.80. The second kappa shape index (κ2) is 5.60. The van der Waals surface area contributed by atoms with Crippen molar-refractivity contribution >= 4 is 22.4 Å². The summed E-state index contributed by atoms with van der Waals surface area (Å²) in [4.78, 5) is 17.7. The molecule has 2 heterocycles. The first-order valence-electron chi connectivity index (χ1n) is 6.36. The molecule has 0 spiro atoms. The third-order valence-electron chi connectivity index (χ3n) is 3.20. The largest absolute Gasteiger partial charge is 0.478 e. The van der Waals surface area contributed by atoms with Gasteiger partial charge in [0.05, 0.1) is 24.5 Å². The number of benzene rings is 1. The second-order valence-corrected chi connectivity index (χ2v) is 5.33. The van der Waals surface area contributed by atoms with Crippen molar-refractivity contribution in [3.05, 3.63) is 35.2 Å². The smallest absolute Gasteiger partial charge is 0.335 e. The van der Waals surface area contributed by atoms with Gasteiger partial charge in [-0.3, -0.25) is 0 Å². The van der Waals surface area contributed by atoms with Crippen LogP contribution in [0, 0.1) is 0 Å². The van der Waals surface area contributed by atoms with Crippen LogP contribution in [0.3, 0.4) is 0 Å². The maximum Gasteiger partial charge on any atom is 0.335 e. The SMILES string of the molecule is O=C(O)c1ccc(-c2csc(N3CCOCC3)n2)cc1. The molecule has 1 aromatic carbocycles. The number of hydrogen-bond acceptors (Lipinski definition) is 5. The van der Waals surface area contributed by atoms with Gasteiger partial charge in [-0.15, -0.1) is 11.3 Å². The van der Waals surface area contributed by atoms with Gasteiger partial charge in [0.25, 0.3) is 0 Å². The van der Waals surface area contributed by atoms with E-state index < -0.39 is 5.97 Å². The number of anilines is 1. The zero-order chi connectivity index (χ0) is 13.9. The Bertz CT molecular complexity index is 603. The number of rotatable bonds is 3. The van der Waals surface area contributed by atoms with E-state index in [4.69, 9.17) is 9.84 Å². The molecule has 1 N–H and O–H groups in total. The van der Waals surface area contributed by atoms with Crippen LogP contribution in [0.2, 0.25) is 0 Å². The predicted octanol–water partition coefficient (Wildman–Crippen LogP) is 2.34. The number of carboxylic acid groups (broad SMARTS) is 1. The minimum Gasteiger partial charge on any atom is -0.478 e. The number of carbonyl (C=O) groups is 1. The van der Waals surface area contributed by atoms with Gasteiger partial charge in [0.2, 0.25) is 0 Å². The van der Waals surface area contributed by atoms with E-state index in [1.54, 1.807) is 35.6 Å². The van der Waals surface area contributed by atoms with Gasteiger partial charge in [0.15, 0.2) is 5.13 Å². The van der Waals surface area contributed by atoms with Gasteiger partial charge in [0.1, 0.15) is 0 Å². The molecule has 0 saturated carbocycles. The maximum absolute atomic E-state index is 10.8. The molecule has 0 amide bonds. The van der Waals surface area contributed by atoms with E-state index in [0.717, 1.165) is 42.7 Å². The summed E-state index contributed by atoms with van der Waals surface area (Å²) >= 11 is 1.60. The van der Waals surface area contributed by atoms with Crippen LogP contribution < -0.4 is 4.90 Å². The fourth-order valence-corrected chi connectivity index (χ4v) is 2.97. The van der Waals surface area contributed by atoms with Crippen molar-refractivity contribution in [2.24, 2.45) is 0 Å². The van der Waals surface area contributed by atoms with Crippen LogP contribution in [0.4, 0.5) is 5.13 Å². The van der Waals surface area contributed by atoms with Crippen molar-refractivity contribution in [3.63, 3.8) is 0 Å². The number of morpholine rings is 1. The summed E-state index contributed by atoms with van der Waals surface area (Å²) in [6.45, 7) is 3.21. The summed E-state index contributed by atoms with van der Waals surface area (Å²) in [7, 11) is 0. The molecular weight excluding hydrogens is 276 g/mol. The van der Waals surface area contributed by atoms with Gasteiger partial charge in [-0.2, -0.15) is 0 Å². The lowest BCUT2D eigenvalue weighted by Crippen LogP contribution is -2.36. The van der Waals surface area contributed by atoms with Crippen LogP contribution >= 0.6 is 11.3 Å². The standard InChI is InChI=1S/C14H14N2O3S/c17-13(18)11-3-1-10(2-4-11)12-9-20-14(15-12)16-5-7-19-8-6-16/h1-4,9H,5-8H2,(H,17,18). The van der Waals surface area contributed by atoms with Gasteiger partial charge in [-0.1, -0.05) is 12.1 Å². The molecule has 0 aliphatic carbocycles. The quantitative estimate of drug-likeness (QED) is 0.940. The highest BCUT2D eigenvalue weighted by Crippen LogP contribution is 2.28. The van der Waals surface area contributed by atoms with Crippen molar-refractivity contribution in [1.29, 1.82) is 0 Å². The first-order chi connectivity index (χ1) is 9.74. The molecule has 20 heavy (non-hydrogen) atoms.